The Hall–Kier alpha value is -1.92. The fourth-order valence-electron chi connectivity index (χ4n) is 5.90. The molecule has 7 heteroatoms. The number of Topliss-reactive ketones (excluding diaryl/α,β-unsaturated/α-hetero) is 1. The van der Waals surface area contributed by atoms with Crippen molar-refractivity contribution in [3.05, 3.63) is 69.7 Å². The topological polar surface area (TPSA) is 66.6 Å². The van der Waals surface area contributed by atoms with Crippen LogP contribution in [-0.4, -0.2) is 58.7 Å². The Morgan fingerprint density at radius 2 is 1.81 bits per heavy atom. The Kier molecular flexibility index (Phi) is 9.68. The molecule has 0 radical (unpaired) electrons. The van der Waals surface area contributed by atoms with Crippen LogP contribution in [0, 0.1) is 5.92 Å². The van der Waals surface area contributed by atoms with Gasteiger partial charge in [0.25, 0.3) is 0 Å². The second-order valence-corrected chi connectivity index (χ2v) is 11.9. The maximum atomic E-state index is 13.9. The Bertz CT molecular complexity index is 1080. The monoisotopic (exact) mass is 543 g/mol. The van der Waals surface area contributed by atoms with Gasteiger partial charge in [-0.05, 0) is 67.7 Å². The largest absolute Gasteiger partial charge is 0.331 e. The van der Waals surface area contributed by atoms with Crippen LogP contribution in [0.15, 0.2) is 48.5 Å². The summed E-state index contributed by atoms with van der Waals surface area (Å²) < 4.78 is 0. The molecule has 5 nitrogen and oxygen atoms in total. The molecule has 0 aliphatic carbocycles. The molecule has 2 N–H and O–H groups in total. The number of ketones is 1. The highest BCUT2D eigenvalue weighted by Crippen LogP contribution is 2.31. The zero-order valence-electron chi connectivity index (χ0n) is 21.9. The van der Waals surface area contributed by atoms with Crippen LogP contribution in [-0.2, 0) is 22.4 Å². The van der Waals surface area contributed by atoms with E-state index in [0.29, 0.717) is 48.2 Å². The van der Waals surface area contributed by atoms with Crippen molar-refractivity contribution in [2.24, 2.45) is 11.7 Å². The van der Waals surface area contributed by atoms with Crippen LogP contribution in [0.2, 0.25) is 10.0 Å². The second-order valence-electron chi connectivity index (χ2n) is 11.1. The average Bonchev–Trinajstić information content (AvgIpc) is 3.22. The van der Waals surface area contributed by atoms with E-state index in [4.69, 9.17) is 28.9 Å². The molecule has 2 aliphatic heterocycles. The van der Waals surface area contributed by atoms with Gasteiger partial charge in [0, 0.05) is 31.6 Å². The van der Waals surface area contributed by atoms with E-state index in [1.807, 2.05) is 23.1 Å². The highest BCUT2D eigenvalue weighted by Gasteiger charge is 2.45. The smallest absolute Gasteiger partial charge is 0.240 e. The third-order valence-electron chi connectivity index (χ3n) is 7.81. The summed E-state index contributed by atoms with van der Waals surface area (Å²) in [6.07, 6.45) is 5.07. The third kappa shape index (κ3) is 7.14. The molecule has 2 saturated heterocycles. The number of rotatable bonds is 10. The fourth-order valence-corrected chi connectivity index (χ4v) is 6.22. The molecule has 0 bridgehead atoms. The molecule has 37 heavy (non-hydrogen) atoms. The maximum absolute atomic E-state index is 13.9. The Morgan fingerprint density at radius 3 is 2.51 bits per heavy atom. The zero-order chi connectivity index (χ0) is 26.5. The molecule has 2 heterocycles. The summed E-state index contributed by atoms with van der Waals surface area (Å²) in [5.74, 6) is 0.485. The van der Waals surface area contributed by atoms with E-state index in [2.05, 4.69) is 43.0 Å². The van der Waals surface area contributed by atoms with Gasteiger partial charge in [-0.15, -0.1) is 0 Å². The lowest BCUT2D eigenvalue weighted by Gasteiger charge is -2.33. The molecule has 1 unspecified atom stereocenters. The molecule has 0 aromatic heterocycles. The number of nitrogens with two attached hydrogens (primary N) is 1. The van der Waals surface area contributed by atoms with E-state index in [-0.39, 0.29) is 29.8 Å². The molecule has 0 saturated carbocycles. The molecular formula is C30H39Cl2N3O2. The van der Waals surface area contributed by atoms with Gasteiger partial charge in [-0.3, -0.25) is 14.5 Å². The maximum Gasteiger partial charge on any atom is 0.240 e. The first-order valence-electron chi connectivity index (χ1n) is 13.5. The predicted molar refractivity (Wildman–Crippen MR) is 151 cm³/mol. The molecule has 4 atom stereocenters. The summed E-state index contributed by atoms with van der Waals surface area (Å²) in [6.45, 7) is 5.57. The summed E-state index contributed by atoms with van der Waals surface area (Å²) >= 11 is 12.2. The Morgan fingerprint density at radius 1 is 1.05 bits per heavy atom. The molecule has 2 fully saturated rings. The minimum absolute atomic E-state index is 0.0120. The van der Waals surface area contributed by atoms with Gasteiger partial charge in [0.2, 0.25) is 5.91 Å². The highest BCUT2D eigenvalue weighted by molar-refractivity contribution is 6.42. The number of halogens is 2. The van der Waals surface area contributed by atoms with E-state index < -0.39 is 6.04 Å². The van der Waals surface area contributed by atoms with Gasteiger partial charge in [0.15, 0.2) is 5.78 Å². The number of carbonyl (C=O) groups is 2. The van der Waals surface area contributed by atoms with Gasteiger partial charge in [-0.1, -0.05) is 73.4 Å². The molecule has 2 aromatic carbocycles. The van der Waals surface area contributed by atoms with E-state index >= 15 is 0 Å². The van der Waals surface area contributed by atoms with Gasteiger partial charge in [-0.25, -0.2) is 0 Å². The van der Waals surface area contributed by atoms with Crippen LogP contribution >= 0.6 is 23.2 Å². The summed E-state index contributed by atoms with van der Waals surface area (Å²) in [7, 11) is 0. The normalized spacial score (nSPS) is 23.2. The molecule has 200 valence electrons. The molecule has 2 aromatic rings. The van der Waals surface area contributed by atoms with Crippen LogP contribution < -0.4 is 5.73 Å². The van der Waals surface area contributed by atoms with Crippen molar-refractivity contribution in [1.29, 1.82) is 0 Å². The number of amides is 1. The lowest BCUT2D eigenvalue weighted by atomic mass is 9.94. The van der Waals surface area contributed by atoms with E-state index in [1.165, 1.54) is 5.56 Å². The second kappa shape index (κ2) is 12.8. The molecule has 0 spiro atoms. The Labute approximate surface area is 231 Å². The molecule has 1 amide bonds. The lowest BCUT2D eigenvalue weighted by molar-refractivity contribution is -0.142. The van der Waals surface area contributed by atoms with Crippen LogP contribution in [0.4, 0.5) is 0 Å². The van der Waals surface area contributed by atoms with Gasteiger partial charge < -0.3 is 10.6 Å². The summed E-state index contributed by atoms with van der Waals surface area (Å²) in [4.78, 5) is 31.8. The first kappa shape index (κ1) is 28.1. The standard InChI is InChI=1S/C30H39Cl2N3O2/c1-20(2)16-27(29(36)13-10-22-9-12-25(31)26(32)17-22)34-15-14-24(11-8-21-6-4-3-5-7-21)35-19-23(33)18-28(35)30(34)37/h3-7,9,12,17,20,23-24,27-28H,8,10-11,13-16,18-19,33H2,1-2H3/t23-,24?,27-,28+/m1/s1. The SMILES string of the molecule is CC(C)C[C@H](C(=O)CCc1ccc(Cl)c(Cl)c1)N1CCC(CCc2ccccc2)N2C[C@H](N)C[C@H]2C1=O. The lowest BCUT2D eigenvalue weighted by Crippen LogP contribution is -2.51. The van der Waals surface area contributed by atoms with E-state index in [9.17, 15) is 9.59 Å². The van der Waals surface area contributed by atoms with E-state index in [1.54, 1.807) is 6.07 Å². The Balaban J connectivity index is 1.50. The van der Waals surface area contributed by atoms with Crippen LogP contribution in [0.25, 0.3) is 0 Å². The van der Waals surface area contributed by atoms with Crippen molar-refractivity contribution in [1.82, 2.24) is 9.80 Å². The zero-order valence-corrected chi connectivity index (χ0v) is 23.4. The molecular weight excluding hydrogens is 505 g/mol. The van der Waals surface area contributed by atoms with Crippen molar-refractivity contribution in [2.75, 3.05) is 13.1 Å². The van der Waals surface area contributed by atoms with Crippen molar-refractivity contribution in [2.45, 2.75) is 83.0 Å². The first-order chi connectivity index (χ1) is 17.7. The first-order valence-corrected chi connectivity index (χ1v) is 14.3. The number of hydrogen-bond acceptors (Lipinski definition) is 4. The molecule has 2 aliphatic rings. The number of hydrogen-bond donors (Lipinski definition) is 1. The number of fused-ring (bicyclic) bond motifs is 1. The van der Waals surface area contributed by atoms with Crippen molar-refractivity contribution >= 4 is 34.9 Å². The average molecular weight is 545 g/mol. The van der Waals surface area contributed by atoms with Crippen LogP contribution in [0.1, 0.15) is 57.1 Å². The number of nitrogens with zero attached hydrogens (tertiary/aromatic N) is 2. The number of benzene rings is 2. The summed E-state index contributed by atoms with van der Waals surface area (Å²) in [5.41, 5.74) is 8.66. The van der Waals surface area contributed by atoms with Gasteiger partial charge in [0.05, 0.1) is 22.1 Å². The minimum atomic E-state index is -0.415. The van der Waals surface area contributed by atoms with E-state index in [0.717, 1.165) is 31.4 Å². The molecule has 4 rings (SSSR count). The summed E-state index contributed by atoms with van der Waals surface area (Å²) in [5, 5.41) is 0.998. The quantitative estimate of drug-likeness (QED) is 0.426. The van der Waals surface area contributed by atoms with Crippen molar-refractivity contribution in [3.8, 4) is 0 Å². The van der Waals surface area contributed by atoms with Crippen molar-refractivity contribution < 1.29 is 9.59 Å². The van der Waals surface area contributed by atoms with Gasteiger partial charge in [-0.2, -0.15) is 0 Å². The van der Waals surface area contributed by atoms with Gasteiger partial charge >= 0.3 is 0 Å². The fraction of sp³-hybridized carbons (Fsp3) is 0.533. The van der Waals surface area contributed by atoms with Crippen LogP contribution in [0.5, 0.6) is 0 Å². The number of carbonyl (C=O) groups excluding carboxylic acids is 2. The minimum Gasteiger partial charge on any atom is -0.331 e. The predicted octanol–water partition coefficient (Wildman–Crippen LogP) is 5.55. The third-order valence-corrected chi connectivity index (χ3v) is 8.55. The van der Waals surface area contributed by atoms with Crippen LogP contribution in [0.3, 0.4) is 0 Å². The van der Waals surface area contributed by atoms with Gasteiger partial charge in [0.1, 0.15) is 0 Å². The highest BCUT2D eigenvalue weighted by atomic mass is 35.5. The summed E-state index contributed by atoms with van der Waals surface area (Å²) in [6, 6.07) is 15.6. The number of aryl methyl sites for hydroxylation is 2. The van der Waals surface area contributed by atoms with Crippen molar-refractivity contribution in [3.63, 3.8) is 0 Å².